The van der Waals surface area contributed by atoms with Gasteiger partial charge in [0.15, 0.2) is 0 Å². The molecule has 4 aliphatic rings. The Morgan fingerprint density at radius 3 is 1.47 bits per heavy atom. The number of hydrogen-bond acceptors (Lipinski definition) is 1. The van der Waals surface area contributed by atoms with E-state index in [1.54, 1.807) is 6.92 Å². The molecule has 2 nitrogen and oxygen atoms in total. The van der Waals surface area contributed by atoms with Gasteiger partial charge in [-0.15, -0.1) is 17.9 Å². The van der Waals surface area contributed by atoms with E-state index in [0.29, 0.717) is 17.6 Å². The van der Waals surface area contributed by atoms with Crippen LogP contribution in [-0.2, 0) is 28.9 Å². The van der Waals surface area contributed by atoms with Crippen molar-refractivity contribution in [3.05, 3.63) is 77.1 Å². The van der Waals surface area contributed by atoms with Crippen molar-refractivity contribution < 1.29 is 46.2 Å². The fourth-order valence-electron chi connectivity index (χ4n) is 4.92. The quantitative estimate of drug-likeness (QED) is 0.107. The monoisotopic (exact) mass is 566 g/mol. The van der Waals surface area contributed by atoms with Crippen molar-refractivity contribution in [2.75, 3.05) is 0 Å². The van der Waals surface area contributed by atoms with E-state index in [4.69, 9.17) is 4.65 Å². The van der Waals surface area contributed by atoms with Gasteiger partial charge in [0.05, 0.1) is 0 Å². The van der Waals surface area contributed by atoms with Gasteiger partial charge < -0.3 is 28.5 Å². The van der Waals surface area contributed by atoms with E-state index >= 15 is 0 Å². The molecule has 2 saturated carbocycles. The molecule has 3 atom stereocenters. The first-order chi connectivity index (χ1) is 15.1. The number of hydrogen-bond donors (Lipinski definition) is 0. The van der Waals surface area contributed by atoms with Crippen LogP contribution < -0.4 is 0 Å². The summed E-state index contributed by atoms with van der Waals surface area (Å²) in [7, 11) is -6.00. The van der Waals surface area contributed by atoms with Crippen LogP contribution in [0.4, 0.5) is 17.3 Å². The van der Waals surface area contributed by atoms with E-state index in [-0.39, 0.29) is 25.4 Å². The Kier molecular flexibility index (Phi) is 13.0. The first-order valence-corrected chi connectivity index (χ1v) is 10.9. The average molecular weight is 566 g/mol. The van der Waals surface area contributed by atoms with Crippen LogP contribution in [-0.4, -0.2) is 13.0 Å². The Hall–Kier alpha value is -0.962. The van der Waals surface area contributed by atoms with E-state index < -0.39 is 7.25 Å². The molecule has 4 aliphatic carbocycles. The van der Waals surface area contributed by atoms with Crippen LogP contribution in [0.2, 0.25) is 0 Å². The Balaban J connectivity index is 0.000000519. The Bertz CT molecular complexity index is 788. The first-order valence-electron chi connectivity index (χ1n) is 10.9. The topological polar surface area (TPSA) is 37.0 Å². The molecule has 187 valence electrons. The molecule has 2 bridgehead atoms. The number of carbonyl (C=O) groups is 1. The van der Waals surface area contributed by atoms with Gasteiger partial charge in [0, 0.05) is 11.8 Å². The molecule has 0 aliphatic heterocycles. The van der Waals surface area contributed by atoms with Crippen molar-refractivity contribution in [2.45, 2.75) is 61.8 Å². The number of fused-ring (bicyclic) bond motifs is 3. The Morgan fingerprint density at radius 1 is 0.853 bits per heavy atom. The van der Waals surface area contributed by atoms with Crippen molar-refractivity contribution in [3.8, 4) is 0 Å². The summed E-state index contributed by atoms with van der Waals surface area (Å²) in [4.78, 5) is 11.0. The maximum atomic E-state index is 11.0. The number of ketones is 1. The minimum atomic E-state index is -6.00. The third kappa shape index (κ3) is 7.77. The third-order valence-electron chi connectivity index (χ3n) is 7.10. The molecule has 34 heavy (non-hydrogen) atoms. The number of halogens is 4. The maximum absolute atomic E-state index is 11.0. The van der Waals surface area contributed by atoms with Crippen molar-refractivity contribution in [3.63, 3.8) is 0 Å². The van der Waals surface area contributed by atoms with Crippen molar-refractivity contribution in [2.24, 2.45) is 17.8 Å². The second-order valence-corrected chi connectivity index (χ2v) is 8.90. The van der Waals surface area contributed by atoms with Gasteiger partial charge in [0.25, 0.3) is 0 Å². The van der Waals surface area contributed by atoms with Crippen LogP contribution in [0.15, 0.2) is 34.4 Å². The van der Waals surface area contributed by atoms with Crippen LogP contribution in [0, 0.1) is 60.4 Å². The fraction of sp³-hybridized carbons (Fsp3) is 0.462. The van der Waals surface area contributed by atoms with Crippen molar-refractivity contribution >= 4 is 13.0 Å². The smallest absolute Gasteiger partial charge is 3.00 e. The molecule has 0 aromatic heterocycles. The normalized spacial score (nSPS) is 27.2. The van der Waals surface area contributed by atoms with E-state index in [1.807, 2.05) is 0 Å². The predicted octanol–water partition coefficient (Wildman–Crippen LogP) is 7.48. The van der Waals surface area contributed by atoms with Gasteiger partial charge in [-0.3, -0.25) is 0 Å². The predicted molar refractivity (Wildman–Crippen MR) is 123 cm³/mol. The Labute approximate surface area is 215 Å². The van der Waals surface area contributed by atoms with Gasteiger partial charge in [-0.2, -0.15) is 0 Å². The molecule has 0 saturated heterocycles. The SMILES string of the molecule is CC(=O)C1[CH-][C@H]2C=C[C@@H]1C2.C[C]1[C](C)[C]2[C]([C]1C)C(C)=C(C)C(C)=C2C.F[B-](F)(F)F.[C-]#[O+].[Rh+3]. The van der Waals surface area contributed by atoms with Crippen LogP contribution in [0.1, 0.15) is 61.8 Å². The largest absolute Gasteiger partial charge is 3.00 e. The average Bonchev–Trinajstić information content (AvgIpc) is 3.42. The molecule has 0 heterocycles. The molecule has 0 spiro atoms. The van der Waals surface area contributed by atoms with Gasteiger partial charge in [0.1, 0.15) is 5.78 Å². The van der Waals surface area contributed by atoms with Crippen LogP contribution >= 0.6 is 0 Å². The zero-order chi connectivity index (χ0) is 25.8. The number of rotatable bonds is 1. The summed E-state index contributed by atoms with van der Waals surface area (Å²) in [6.45, 7) is 22.0. The maximum Gasteiger partial charge on any atom is 3.00 e. The summed E-state index contributed by atoms with van der Waals surface area (Å²) in [6.07, 6.45) is 7.78. The molecule has 5 radical (unpaired) electrons. The second kappa shape index (κ2) is 13.4. The minimum absolute atomic E-state index is 0. The van der Waals surface area contributed by atoms with Gasteiger partial charge in [-0.1, -0.05) is 44.4 Å². The Morgan fingerprint density at radius 2 is 1.24 bits per heavy atom. The number of Topliss-reactive ketones (excluding diaryl/α,β-unsaturated/α-hetero) is 1. The summed E-state index contributed by atoms with van der Waals surface area (Å²) in [5.41, 5.74) is 5.84. The number of carbonyl (C=O) groups excluding carboxylic acids is 1. The zero-order valence-electron chi connectivity index (χ0n) is 20.9. The standard InChI is InChI=1S/C16H21.C9H11O.CO.BF4.Rh/c1-8-9(2)12(5)16-14(7)10(3)13(6)15(16)11(8)4;1-6(10)9-5-7-2-3-8(9)4-7;1-2;2-1(3,4)5;/h1-7H3;2-3,5,7-9H,4H2,1H3;;;/q;-1;;-1;+3/t;7-,8+,9?;;;/m.0.../s1. The molecule has 0 amide bonds. The van der Waals surface area contributed by atoms with Gasteiger partial charge in [-0.05, 0) is 69.4 Å². The van der Waals surface area contributed by atoms with Crippen LogP contribution in [0.3, 0.4) is 0 Å². The van der Waals surface area contributed by atoms with Gasteiger partial charge in [0.2, 0.25) is 0 Å². The summed E-state index contributed by atoms with van der Waals surface area (Å²) >= 11 is 0. The van der Waals surface area contributed by atoms with Crippen molar-refractivity contribution in [1.82, 2.24) is 0 Å². The summed E-state index contributed by atoms with van der Waals surface area (Å²) in [5, 5.41) is 0. The summed E-state index contributed by atoms with van der Waals surface area (Å²) in [6, 6.07) is 0. The van der Waals surface area contributed by atoms with Crippen LogP contribution in [0.5, 0.6) is 0 Å². The first kappa shape index (κ1) is 33.0. The minimum Gasteiger partial charge on any atom is 3.00 e. The molecule has 4 rings (SSSR count). The van der Waals surface area contributed by atoms with E-state index in [0.717, 1.165) is 0 Å². The van der Waals surface area contributed by atoms with E-state index in [9.17, 15) is 22.1 Å². The van der Waals surface area contributed by atoms with Crippen molar-refractivity contribution in [1.29, 1.82) is 0 Å². The molecule has 8 heteroatoms. The summed E-state index contributed by atoms with van der Waals surface area (Å²) in [5.74, 6) is 9.12. The van der Waals surface area contributed by atoms with E-state index in [1.165, 1.54) is 58.3 Å². The summed E-state index contributed by atoms with van der Waals surface area (Å²) < 4.78 is 46.5. The molecule has 0 aromatic rings. The molecular formula is C26H32BF4O2Rh+. The fourth-order valence-corrected chi connectivity index (χ4v) is 4.92. The number of allylic oxidation sites excluding steroid dienone is 6. The molecule has 0 aromatic carbocycles. The third-order valence-corrected chi connectivity index (χ3v) is 7.10. The second-order valence-electron chi connectivity index (χ2n) is 8.90. The van der Waals surface area contributed by atoms with Crippen LogP contribution in [0.25, 0.3) is 0 Å². The van der Waals surface area contributed by atoms with E-state index in [2.05, 4.69) is 73.7 Å². The van der Waals surface area contributed by atoms with Gasteiger partial charge in [-0.25, -0.2) is 0 Å². The van der Waals surface area contributed by atoms with Gasteiger partial charge >= 0.3 is 38.0 Å². The molecule has 0 N–H and O–H groups in total. The molecular weight excluding hydrogens is 534 g/mol. The zero-order valence-corrected chi connectivity index (χ0v) is 22.5. The molecule has 2 fully saturated rings. The molecule has 1 unspecified atom stereocenters.